The number of nitrogens with one attached hydrogen (secondary N) is 2. The van der Waals surface area contributed by atoms with Crippen LogP contribution in [0.5, 0.6) is 0 Å². The standard InChI is InChI=1S/C21H21N3O3/c25-20(23-26)8-2-14-1-7-19-18(13-14)21(27-24-19)17-5-3-15(4-6-17)16-9-11-22-12-10-16/h1-8,13,16,22,26H,9-12H2,(H,23,25)/b8-2+. The Hall–Kier alpha value is -2.96. The Balaban J connectivity index is 1.62. The first-order chi connectivity index (χ1) is 13.2. The van der Waals surface area contributed by atoms with E-state index in [1.807, 2.05) is 18.2 Å². The lowest BCUT2D eigenvalue weighted by Gasteiger charge is -2.23. The van der Waals surface area contributed by atoms with E-state index in [1.165, 1.54) is 24.5 Å². The largest absolute Gasteiger partial charge is 0.355 e. The highest BCUT2D eigenvalue weighted by molar-refractivity contribution is 5.95. The number of carbonyl (C=O) groups excluding carboxylic acids is 1. The third-order valence-electron chi connectivity index (χ3n) is 5.02. The molecule has 27 heavy (non-hydrogen) atoms. The maximum atomic E-state index is 11.2. The van der Waals surface area contributed by atoms with E-state index >= 15 is 0 Å². The molecule has 1 saturated heterocycles. The van der Waals surface area contributed by atoms with Crippen LogP contribution in [0.4, 0.5) is 0 Å². The monoisotopic (exact) mass is 363 g/mol. The molecule has 0 spiro atoms. The van der Waals surface area contributed by atoms with E-state index in [4.69, 9.17) is 9.73 Å². The van der Waals surface area contributed by atoms with Crippen molar-refractivity contribution in [1.29, 1.82) is 0 Å². The van der Waals surface area contributed by atoms with E-state index < -0.39 is 5.91 Å². The molecule has 0 bridgehead atoms. The SMILES string of the molecule is O=C(/C=C/c1ccc2noc(-c3ccc(C4CCNCC4)cc3)c2c1)NO. The molecule has 138 valence electrons. The number of aromatic nitrogens is 1. The van der Waals surface area contributed by atoms with Gasteiger partial charge in [0.25, 0.3) is 5.91 Å². The van der Waals surface area contributed by atoms with Crippen molar-refractivity contribution in [1.82, 2.24) is 16.0 Å². The van der Waals surface area contributed by atoms with Crippen LogP contribution in [0.3, 0.4) is 0 Å². The molecule has 6 nitrogen and oxygen atoms in total. The lowest BCUT2D eigenvalue weighted by molar-refractivity contribution is -0.124. The number of hydrogen-bond acceptors (Lipinski definition) is 5. The highest BCUT2D eigenvalue weighted by Gasteiger charge is 2.16. The molecule has 1 fully saturated rings. The van der Waals surface area contributed by atoms with Crippen molar-refractivity contribution >= 4 is 22.9 Å². The summed E-state index contributed by atoms with van der Waals surface area (Å²) in [6, 6.07) is 14.1. The first-order valence-corrected chi connectivity index (χ1v) is 9.07. The fourth-order valence-corrected chi connectivity index (χ4v) is 3.54. The second-order valence-electron chi connectivity index (χ2n) is 6.74. The summed E-state index contributed by atoms with van der Waals surface area (Å²) in [7, 11) is 0. The van der Waals surface area contributed by atoms with Gasteiger partial charge in [0.15, 0.2) is 5.76 Å². The van der Waals surface area contributed by atoms with Gasteiger partial charge in [-0.15, -0.1) is 0 Å². The fraction of sp³-hybridized carbons (Fsp3) is 0.238. The summed E-state index contributed by atoms with van der Waals surface area (Å²) in [5, 5.41) is 17.0. The Morgan fingerprint density at radius 3 is 2.70 bits per heavy atom. The van der Waals surface area contributed by atoms with Crippen LogP contribution in [0.2, 0.25) is 0 Å². The van der Waals surface area contributed by atoms with Gasteiger partial charge >= 0.3 is 0 Å². The predicted molar refractivity (Wildman–Crippen MR) is 103 cm³/mol. The number of rotatable bonds is 4. The minimum Gasteiger partial charge on any atom is -0.355 e. The Morgan fingerprint density at radius 2 is 1.96 bits per heavy atom. The number of piperidine rings is 1. The number of hydroxylamine groups is 1. The van der Waals surface area contributed by atoms with Crippen LogP contribution in [0.1, 0.15) is 29.9 Å². The molecule has 3 N–H and O–H groups in total. The molecule has 2 aromatic carbocycles. The molecule has 0 aliphatic carbocycles. The zero-order chi connectivity index (χ0) is 18.6. The van der Waals surface area contributed by atoms with Gasteiger partial charge in [0.1, 0.15) is 5.52 Å². The van der Waals surface area contributed by atoms with Crippen molar-refractivity contribution in [3.8, 4) is 11.3 Å². The van der Waals surface area contributed by atoms with Gasteiger partial charge in [0, 0.05) is 11.6 Å². The van der Waals surface area contributed by atoms with Gasteiger partial charge in [0.2, 0.25) is 0 Å². The third kappa shape index (κ3) is 3.77. The molecule has 2 heterocycles. The quantitative estimate of drug-likeness (QED) is 0.375. The van der Waals surface area contributed by atoms with Crippen LogP contribution in [0, 0.1) is 0 Å². The lowest BCUT2D eigenvalue weighted by Crippen LogP contribution is -2.26. The van der Waals surface area contributed by atoms with Crippen molar-refractivity contribution in [2.45, 2.75) is 18.8 Å². The van der Waals surface area contributed by atoms with Gasteiger partial charge in [-0.3, -0.25) is 10.0 Å². The van der Waals surface area contributed by atoms with E-state index in [0.717, 1.165) is 35.1 Å². The minimum absolute atomic E-state index is 0.575. The Kier molecular flexibility index (Phi) is 5.00. The average Bonchev–Trinajstić information content (AvgIpc) is 3.16. The molecule has 1 aliphatic rings. The van der Waals surface area contributed by atoms with Crippen molar-refractivity contribution in [2.24, 2.45) is 0 Å². The lowest BCUT2D eigenvalue weighted by atomic mass is 9.89. The zero-order valence-electron chi connectivity index (χ0n) is 14.8. The van der Waals surface area contributed by atoms with Gasteiger partial charge in [0.05, 0.1) is 5.39 Å². The van der Waals surface area contributed by atoms with Gasteiger partial charge in [-0.2, -0.15) is 0 Å². The van der Waals surface area contributed by atoms with Crippen LogP contribution in [0.25, 0.3) is 28.3 Å². The van der Waals surface area contributed by atoms with E-state index in [1.54, 1.807) is 11.6 Å². The molecular weight excluding hydrogens is 342 g/mol. The summed E-state index contributed by atoms with van der Waals surface area (Å²) in [5.74, 6) is 0.749. The first kappa shape index (κ1) is 17.5. The molecule has 1 aliphatic heterocycles. The predicted octanol–water partition coefficient (Wildman–Crippen LogP) is 3.48. The van der Waals surface area contributed by atoms with Crippen LogP contribution >= 0.6 is 0 Å². The van der Waals surface area contributed by atoms with E-state index in [0.29, 0.717) is 11.7 Å². The Morgan fingerprint density at radius 1 is 1.19 bits per heavy atom. The van der Waals surface area contributed by atoms with Gasteiger partial charge in [-0.1, -0.05) is 35.5 Å². The van der Waals surface area contributed by atoms with Crippen molar-refractivity contribution in [2.75, 3.05) is 13.1 Å². The molecular formula is C21H21N3O3. The number of carbonyl (C=O) groups is 1. The molecule has 4 rings (SSSR count). The zero-order valence-corrected chi connectivity index (χ0v) is 14.8. The summed E-state index contributed by atoms with van der Waals surface area (Å²) in [5.41, 5.74) is 5.50. The number of amides is 1. The van der Waals surface area contributed by atoms with E-state index in [2.05, 4.69) is 34.7 Å². The fourth-order valence-electron chi connectivity index (χ4n) is 3.54. The first-order valence-electron chi connectivity index (χ1n) is 9.07. The number of benzene rings is 2. The molecule has 0 unspecified atom stereocenters. The van der Waals surface area contributed by atoms with Crippen LogP contribution in [-0.2, 0) is 4.79 Å². The summed E-state index contributed by atoms with van der Waals surface area (Å²) < 4.78 is 5.58. The molecule has 0 saturated carbocycles. The minimum atomic E-state index is -0.575. The van der Waals surface area contributed by atoms with Crippen LogP contribution < -0.4 is 10.8 Å². The normalized spacial score (nSPS) is 15.4. The summed E-state index contributed by atoms with van der Waals surface area (Å²) >= 11 is 0. The second-order valence-corrected chi connectivity index (χ2v) is 6.74. The maximum Gasteiger partial charge on any atom is 0.267 e. The third-order valence-corrected chi connectivity index (χ3v) is 5.02. The van der Waals surface area contributed by atoms with Crippen molar-refractivity contribution in [3.05, 3.63) is 59.7 Å². The molecule has 0 atom stereocenters. The highest BCUT2D eigenvalue weighted by Crippen LogP contribution is 2.32. The Labute approximate surface area is 156 Å². The number of nitrogens with zero attached hydrogens (tertiary/aromatic N) is 1. The van der Waals surface area contributed by atoms with E-state index in [9.17, 15) is 4.79 Å². The smallest absolute Gasteiger partial charge is 0.267 e. The molecule has 0 radical (unpaired) electrons. The Bertz CT molecular complexity index is 970. The summed E-state index contributed by atoms with van der Waals surface area (Å²) in [6.45, 7) is 2.15. The summed E-state index contributed by atoms with van der Waals surface area (Å²) in [6.07, 6.45) is 5.23. The summed E-state index contributed by atoms with van der Waals surface area (Å²) in [4.78, 5) is 11.2. The second kappa shape index (κ2) is 7.73. The number of fused-ring (bicyclic) bond motifs is 1. The maximum absolute atomic E-state index is 11.2. The topological polar surface area (TPSA) is 87.4 Å². The molecule has 1 aromatic heterocycles. The molecule has 3 aromatic rings. The molecule has 6 heteroatoms. The highest BCUT2D eigenvalue weighted by atomic mass is 16.5. The van der Waals surface area contributed by atoms with E-state index in [-0.39, 0.29) is 0 Å². The van der Waals surface area contributed by atoms with Crippen molar-refractivity contribution in [3.63, 3.8) is 0 Å². The molecule has 1 amide bonds. The number of hydrogen-bond donors (Lipinski definition) is 3. The van der Waals surface area contributed by atoms with Gasteiger partial charge in [-0.05, 0) is 61.2 Å². The average molecular weight is 363 g/mol. The van der Waals surface area contributed by atoms with Crippen molar-refractivity contribution < 1.29 is 14.5 Å². The van der Waals surface area contributed by atoms with Crippen LogP contribution in [-0.4, -0.2) is 29.4 Å². The van der Waals surface area contributed by atoms with Crippen LogP contribution in [0.15, 0.2) is 53.1 Å². The van der Waals surface area contributed by atoms with Gasteiger partial charge < -0.3 is 9.84 Å². The van der Waals surface area contributed by atoms with Gasteiger partial charge in [-0.25, -0.2) is 5.48 Å².